The van der Waals surface area contributed by atoms with Gasteiger partial charge in [-0.05, 0) is 75.2 Å². The number of aromatic nitrogens is 1. The van der Waals surface area contributed by atoms with Gasteiger partial charge in [0.2, 0.25) is 0 Å². The summed E-state index contributed by atoms with van der Waals surface area (Å²) in [5.74, 6) is 1.38. The summed E-state index contributed by atoms with van der Waals surface area (Å²) in [6.07, 6.45) is 1.73. The minimum absolute atomic E-state index is 0.334. The van der Waals surface area contributed by atoms with Crippen LogP contribution in [0.3, 0.4) is 0 Å². The molecule has 1 fully saturated rings. The number of para-hydroxylation sites is 1. The van der Waals surface area contributed by atoms with Crippen LogP contribution in [0, 0.1) is 13.8 Å². The second-order valence-corrected chi connectivity index (χ2v) is 8.95. The lowest BCUT2D eigenvalue weighted by Crippen LogP contribution is -2.40. The number of aryl methyl sites for hydroxylation is 2. The van der Waals surface area contributed by atoms with Gasteiger partial charge in [0, 0.05) is 12.5 Å². The largest absolute Gasteiger partial charge is 0.491 e. The third-order valence-electron chi connectivity index (χ3n) is 5.35. The number of aliphatic hydroxyl groups is 1. The molecule has 148 valence electrons. The lowest BCUT2D eigenvalue weighted by atomic mass is 9.97. The van der Waals surface area contributed by atoms with Crippen LogP contribution < -0.4 is 4.74 Å². The van der Waals surface area contributed by atoms with Gasteiger partial charge >= 0.3 is 0 Å². The summed E-state index contributed by atoms with van der Waals surface area (Å²) < 4.78 is 7.09. The molecule has 0 saturated carbocycles. The summed E-state index contributed by atoms with van der Waals surface area (Å²) in [5, 5.41) is 11.7. The zero-order chi connectivity index (χ0) is 19.5. The Balaban J connectivity index is 1.25. The van der Waals surface area contributed by atoms with Crippen LogP contribution in [0.1, 0.15) is 34.9 Å². The molecular weight excluding hydrogens is 368 g/mol. The minimum Gasteiger partial charge on any atom is -0.491 e. The third kappa shape index (κ3) is 4.72. The van der Waals surface area contributed by atoms with E-state index in [1.54, 1.807) is 0 Å². The maximum atomic E-state index is 10.4. The topological polar surface area (TPSA) is 45.6 Å². The predicted molar refractivity (Wildman–Crippen MR) is 115 cm³/mol. The van der Waals surface area contributed by atoms with E-state index < -0.39 is 6.10 Å². The van der Waals surface area contributed by atoms with E-state index in [0.717, 1.165) is 37.2 Å². The smallest absolute Gasteiger partial charge is 0.119 e. The van der Waals surface area contributed by atoms with Crippen LogP contribution in [0.25, 0.3) is 10.2 Å². The molecule has 2 aromatic carbocycles. The zero-order valence-electron chi connectivity index (χ0n) is 16.6. The molecule has 1 aliphatic heterocycles. The van der Waals surface area contributed by atoms with Gasteiger partial charge in [-0.25, -0.2) is 4.98 Å². The first-order chi connectivity index (χ1) is 13.6. The van der Waals surface area contributed by atoms with Crippen LogP contribution in [0.2, 0.25) is 0 Å². The van der Waals surface area contributed by atoms with E-state index in [9.17, 15) is 5.11 Å². The van der Waals surface area contributed by atoms with Gasteiger partial charge < -0.3 is 14.7 Å². The zero-order valence-corrected chi connectivity index (χ0v) is 17.4. The van der Waals surface area contributed by atoms with E-state index in [1.165, 1.54) is 20.8 Å². The summed E-state index contributed by atoms with van der Waals surface area (Å²) in [4.78, 5) is 7.18. The number of hydrogen-bond donors (Lipinski definition) is 1. The Labute approximate surface area is 170 Å². The van der Waals surface area contributed by atoms with Crippen molar-refractivity contribution in [2.24, 2.45) is 0 Å². The second kappa shape index (κ2) is 8.60. The fourth-order valence-corrected chi connectivity index (χ4v) is 5.12. The summed E-state index contributed by atoms with van der Waals surface area (Å²) in [6, 6.07) is 14.5. The molecule has 0 aliphatic carbocycles. The molecule has 1 aromatic heterocycles. The maximum Gasteiger partial charge on any atom is 0.119 e. The molecule has 4 rings (SSSR count). The molecule has 3 aromatic rings. The second-order valence-electron chi connectivity index (χ2n) is 7.88. The van der Waals surface area contributed by atoms with Gasteiger partial charge in [-0.3, -0.25) is 0 Å². The third-order valence-corrected chi connectivity index (χ3v) is 6.55. The van der Waals surface area contributed by atoms with Gasteiger partial charge in [-0.1, -0.05) is 18.2 Å². The number of thiazole rings is 1. The molecule has 2 heterocycles. The maximum absolute atomic E-state index is 10.4. The highest BCUT2D eigenvalue weighted by Gasteiger charge is 2.24. The van der Waals surface area contributed by atoms with Gasteiger partial charge in [0.1, 0.15) is 18.5 Å². The van der Waals surface area contributed by atoms with Gasteiger partial charge in [0.25, 0.3) is 0 Å². The lowest BCUT2D eigenvalue weighted by molar-refractivity contribution is 0.0594. The quantitative estimate of drug-likeness (QED) is 0.665. The van der Waals surface area contributed by atoms with E-state index in [0.29, 0.717) is 19.1 Å². The lowest BCUT2D eigenvalue weighted by Gasteiger charge is -2.32. The molecule has 0 radical (unpaired) electrons. The first-order valence-corrected chi connectivity index (χ1v) is 10.9. The molecular formula is C23H28N2O2S. The summed E-state index contributed by atoms with van der Waals surface area (Å²) >= 11 is 1.83. The molecule has 28 heavy (non-hydrogen) atoms. The normalized spacial score (nSPS) is 17.1. The van der Waals surface area contributed by atoms with Crippen molar-refractivity contribution < 1.29 is 9.84 Å². The Hall–Kier alpha value is -1.95. The number of rotatable bonds is 6. The highest BCUT2D eigenvalue weighted by molar-refractivity contribution is 7.18. The summed E-state index contributed by atoms with van der Waals surface area (Å²) in [7, 11) is 0. The highest BCUT2D eigenvalue weighted by Crippen LogP contribution is 2.33. The van der Waals surface area contributed by atoms with Crippen LogP contribution in [0.5, 0.6) is 5.75 Å². The van der Waals surface area contributed by atoms with E-state index in [4.69, 9.17) is 9.72 Å². The van der Waals surface area contributed by atoms with Gasteiger partial charge in [-0.2, -0.15) is 0 Å². The van der Waals surface area contributed by atoms with Crippen molar-refractivity contribution in [2.75, 3.05) is 26.2 Å². The SMILES string of the molecule is Cc1cc(C)cc(OCC(O)CN2CCC(c3nc4ccccc4s3)CC2)c1. The molecule has 1 unspecified atom stereocenters. The average molecular weight is 397 g/mol. The minimum atomic E-state index is -0.472. The Morgan fingerprint density at radius 3 is 2.57 bits per heavy atom. The number of β-amino-alcohol motifs (C(OH)–C–C–N with tert-alkyl or cyclic N) is 1. The van der Waals surface area contributed by atoms with E-state index in [1.807, 2.05) is 23.5 Å². The van der Waals surface area contributed by atoms with Crippen LogP contribution in [-0.2, 0) is 0 Å². The van der Waals surface area contributed by atoms with Crippen molar-refractivity contribution in [1.82, 2.24) is 9.88 Å². The van der Waals surface area contributed by atoms with Crippen molar-refractivity contribution in [2.45, 2.75) is 38.7 Å². The van der Waals surface area contributed by atoms with Gasteiger partial charge in [0.05, 0.1) is 15.2 Å². The molecule has 0 amide bonds. The van der Waals surface area contributed by atoms with Crippen LogP contribution in [0.4, 0.5) is 0 Å². The van der Waals surface area contributed by atoms with Crippen LogP contribution in [0.15, 0.2) is 42.5 Å². The first kappa shape index (κ1) is 19.4. The van der Waals surface area contributed by atoms with Crippen molar-refractivity contribution >= 4 is 21.6 Å². The monoisotopic (exact) mass is 396 g/mol. The number of benzene rings is 2. The van der Waals surface area contributed by atoms with Gasteiger partial charge in [0.15, 0.2) is 0 Å². The summed E-state index contributed by atoms with van der Waals surface area (Å²) in [5.41, 5.74) is 3.48. The molecule has 0 spiro atoms. The van der Waals surface area contributed by atoms with Crippen LogP contribution >= 0.6 is 11.3 Å². The van der Waals surface area contributed by atoms with Gasteiger partial charge in [-0.15, -0.1) is 11.3 Å². The van der Waals surface area contributed by atoms with E-state index in [-0.39, 0.29) is 0 Å². The Bertz CT molecular complexity index is 878. The molecule has 4 nitrogen and oxygen atoms in total. The Morgan fingerprint density at radius 2 is 1.86 bits per heavy atom. The summed E-state index contributed by atoms with van der Waals surface area (Å²) in [6.45, 7) is 7.12. The molecule has 5 heteroatoms. The fraction of sp³-hybridized carbons (Fsp3) is 0.435. The number of likely N-dealkylation sites (tertiary alicyclic amines) is 1. The van der Waals surface area contributed by atoms with Crippen molar-refractivity contribution in [3.05, 3.63) is 58.6 Å². The first-order valence-electron chi connectivity index (χ1n) is 10.0. The molecule has 1 N–H and O–H groups in total. The predicted octanol–water partition coefficient (Wildman–Crippen LogP) is 4.53. The fourth-order valence-electron chi connectivity index (χ4n) is 3.99. The van der Waals surface area contributed by atoms with Crippen molar-refractivity contribution in [3.63, 3.8) is 0 Å². The number of ether oxygens (including phenoxy) is 1. The highest BCUT2D eigenvalue weighted by atomic mass is 32.1. The molecule has 0 bridgehead atoms. The number of piperidine rings is 1. The van der Waals surface area contributed by atoms with Crippen molar-refractivity contribution in [3.8, 4) is 5.75 Å². The standard InChI is InChI=1S/C23H28N2O2S/c1-16-11-17(2)13-20(12-16)27-15-19(26)14-25-9-7-18(8-10-25)23-24-21-5-3-4-6-22(21)28-23/h3-6,11-13,18-19,26H,7-10,14-15H2,1-2H3. The Kier molecular flexibility index (Phi) is 5.95. The van der Waals surface area contributed by atoms with Crippen molar-refractivity contribution in [1.29, 1.82) is 0 Å². The number of nitrogens with zero attached hydrogens (tertiary/aromatic N) is 2. The molecule has 1 aliphatic rings. The average Bonchev–Trinajstić information content (AvgIpc) is 3.10. The van der Waals surface area contributed by atoms with Crippen LogP contribution in [-0.4, -0.2) is 47.3 Å². The molecule has 1 saturated heterocycles. The van der Waals surface area contributed by atoms with E-state index in [2.05, 4.69) is 49.1 Å². The van der Waals surface area contributed by atoms with E-state index >= 15 is 0 Å². The number of aliphatic hydroxyl groups excluding tert-OH is 1. The number of hydrogen-bond acceptors (Lipinski definition) is 5. The molecule has 1 atom stereocenters. The Morgan fingerprint density at radius 1 is 1.14 bits per heavy atom. The number of fused-ring (bicyclic) bond motifs is 1.